The molecule has 0 fully saturated rings. The molecule has 0 aliphatic rings. The van der Waals surface area contributed by atoms with E-state index in [0.29, 0.717) is 12.2 Å². The summed E-state index contributed by atoms with van der Waals surface area (Å²) in [6.07, 6.45) is 2.78. The predicted octanol–water partition coefficient (Wildman–Crippen LogP) is 1.00. The SMILES string of the molecule is CCn1cc(S(=O)(=O)Nc2ccon2)c(C)n1. The third-order valence-corrected chi connectivity index (χ3v) is 3.65. The topological polar surface area (TPSA) is 90.0 Å². The van der Waals surface area contributed by atoms with Gasteiger partial charge in [-0.2, -0.15) is 5.10 Å². The Bertz CT molecular complexity index is 600. The van der Waals surface area contributed by atoms with Crippen molar-refractivity contribution in [1.82, 2.24) is 14.9 Å². The molecule has 8 heteroatoms. The lowest BCUT2D eigenvalue weighted by Gasteiger charge is -2.02. The highest BCUT2D eigenvalue weighted by molar-refractivity contribution is 7.92. The van der Waals surface area contributed by atoms with Gasteiger partial charge in [0, 0.05) is 18.8 Å². The van der Waals surface area contributed by atoms with Gasteiger partial charge in [-0.1, -0.05) is 5.16 Å². The molecule has 0 bridgehead atoms. The van der Waals surface area contributed by atoms with Gasteiger partial charge < -0.3 is 4.52 Å². The lowest BCUT2D eigenvalue weighted by Crippen LogP contribution is -2.13. The molecule has 0 saturated carbocycles. The van der Waals surface area contributed by atoms with Crippen LogP contribution >= 0.6 is 0 Å². The molecule has 2 aromatic rings. The molecule has 1 N–H and O–H groups in total. The molecule has 0 unspecified atom stereocenters. The first kappa shape index (κ1) is 11.6. The molecule has 0 aliphatic carbocycles. The number of nitrogens with one attached hydrogen (secondary N) is 1. The second kappa shape index (κ2) is 4.21. The number of aromatic nitrogens is 3. The van der Waals surface area contributed by atoms with Crippen LogP contribution < -0.4 is 4.72 Å². The summed E-state index contributed by atoms with van der Waals surface area (Å²) >= 11 is 0. The van der Waals surface area contributed by atoms with Gasteiger partial charge in [-0.3, -0.25) is 9.40 Å². The molecule has 0 spiro atoms. The van der Waals surface area contributed by atoms with Crippen molar-refractivity contribution in [3.63, 3.8) is 0 Å². The van der Waals surface area contributed by atoms with Crippen molar-refractivity contribution in [2.24, 2.45) is 0 Å². The highest BCUT2D eigenvalue weighted by Gasteiger charge is 2.21. The Morgan fingerprint density at radius 2 is 2.29 bits per heavy atom. The molecular formula is C9H12N4O3S. The molecule has 7 nitrogen and oxygen atoms in total. The summed E-state index contributed by atoms with van der Waals surface area (Å²) in [6, 6.07) is 1.43. The zero-order valence-corrected chi connectivity index (χ0v) is 10.2. The van der Waals surface area contributed by atoms with Crippen molar-refractivity contribution in [2.45, 2.75) is 25.3 Å². The number of rotatable bonds is 4. The maximum Gasteiger partial charge on any atom is 0.266 e. The minimum atomic E-state index is -3.66. The Morgan fingerprint density at radius 1 is 1.53 bits per heavy atom. The van der Waals surface area contributed by atoms with Crippen LogP contribution in [0.15, 0.2) is 27.9 Å². The van der Waals surface area contributed by atoms with E-state index in [1.807, 2.05) is 6.92 Å². The van der Waals surface area contributed by atoms with E-state index in [-0.39, 0.29) is 10.7 Å². The Labute approximate surface area is 98.5 Å². The predicted molar refractivity (Wildman–Crippen MR) is 59.9 cm³/mol. The fourth-order valence-corrected chi connectivity index (χ4v) is 2.56. The molecule has 0 amide bonds. The Balaban J connectivity index is 2.34. The maximum atomic E-state index is 12.0. The highest BCUT2D eigenvalue weighted by Crippen LogP contribution is 2.17. The Hall–Kier alpha value is -1.83. The van der Waals surface area contributed by atoms with Gasteiger partial charge in [0.1, 0.15) is 11.2 Å². The van der Waals surface area contributed by atoms with Crippen LogP contribution in [-0.2, 0) is 16.6 Å². The summed E-state index contributed by atoms with van der Waals surface area (Å²) in [5.41, 5.74) is 0.447. The first-order chi connectivity index (χ1) is 8.03. The van der Waals surface area contributed by atoms with E-state index in [2.05, 4.69) is 19.5 Å². The second-order valence-corrected chi connectivity index (χ2v) is 5.08. The van der Waals surface area contributed by atoms with Crippen LogP contribution in [0.25, 0.3) is 0 Å². The molecule has 0 saturated heterocycles. The third-order valence-electron chi connectivity index (χ3n) is 2.19. The first-order valence-corrected chi connectivity index (χ1v) is 6.48. The summed E-state index contributed by atoms with van der Waals surface area (Å²) in [4.78, 5) is 0.141. The highest BCUT2D eigenvalue weighted by atomic mass is 32.2. The zero-order chi connectivity index (χ0) is 12.5. The molecule has 0 atom stereocenters. The number of nitrogens with zero attached hydrogens (tertiary/aromatic N) is 3. The quantitative estimate of drug-likeness (QED) is 0.881. The number of hydrogen-bond acceptors (Lipinski definition) is 5. The summed E-state index contributed by atoms with van der Waals surface area (Å²) in [5.74, 6) is 0.147. The van der Waals surface area contributed by atoms with E-state index in [9.17, 15) is 8.42 Å². The fourth-order valence-electron chi connectivity index (χ4n) is 1.38. The van der Waals surface area contributed by atoms with Crippen LogP contribution in [0.5, 0.6) is 0 Å². The molecule has 0 aliphatic heterocycles. The van der Waals surface area contributed by atoms with Gasteiger partial charge >= 0.3 is 0 Å². The minimum Gasteiger partial charge on any atom is -0.363 e. The Morgan fingerprint density at radius 3 is 2.82 bits per heavy atom. The van der Waals surface area contributed by atoms with Crippen LogP contribution in [0, 0.1) is 6.92 Å². The van der Waals surface area contributed by atoms with Crippen LogP contribution in [0.2, 0.25) is 0 Å². The van der Waals surface area contributed by atoms with E-state index in [0.717, 1.165) is 0 Å². The molecule has 2 heterocycles. The summed E-state index contributed by atoms with van der Waals surface area (Å²) < 4.78 is 32.4. The lowest BCUT2D eigenvalue weighted by atomic mass is 10.5. The summed E-state index contributed by atoms with van der Waals surface area (Å²) in [5, 5.41) is 7.57. The standard InChI is InChI=1S/C9H12N4O3S/c1-3-13-6-8(7(2)10-13)17(14,15)12-9-4-5-16-11-9/h4-6H,3H2,1-2H3,(H,11,12). The van der Waals surface area contributed by atoms with E-state index in [1.54, 1.807) is 11.6 Å². The third kappa shape index (κ3) is 2.31. The van der Waals surface area contributed by atoms with Crippen LogP contribution in [0.3, 0.4) is 0 Å². The van der Waals surface area contributed by atoms with Crippen molar-refractivity contribution in [3.05, 3.63) is 24.2 Å². The largest absolute Gasteiger partial charge is 0.363 e. The van der Waals surface area contributed by atoms with Crippen LogP contribution in [-0.4, -0.2) is 23.4 Å². The van der Waals surface area contributed by atoms with Crippen LogP contribution in [0.1, 0.15) is 12.6 Å². The molecule has 2 rings (SSSR count). The molecule has 17 heavy (non-hydrogen) atoms. The lowest BCUT2D eigenvalue weighted by molar-refractivity contribution is 0.423. The van der Waals surface area contributed by atoms with Gasteiger partial charge in [0.25, 0.3) is 10.0 Å². The van der Waals surface area contributed by atoms with Gasteiger partial charge in [0.2, 0.25) is 0 Å². The normalized spacial score (nSPS) is 11.6. The number of hydrogen-bond donors (Lipinski definition) is 1. The summed E-state index contributed by atoms with van der Waals surface area (Å²) in [7, 11) is -3.66. The van der Waals surface area contributed by atoms with E-state index >= 15 is 0 Å². The molecule has 2 aromatic heterocycles. The van der Waals surface area contributed by atoms with E-state index in [4.69, 9.17) is 0 Å². The van der Waals surface area contributed by atoms with Crippen molar-refractivity contribution in [2.75, 3.05) is 4.72 Å². The zero-order valence-electron chi connectivity index (χ0n) is 9.41. The van der Waals surface area contributed by atoms with Crippen molar-refractivity contribution in [3.8, 4) is 0 Å². The molecule has 92 valence electrons. The molecule has 0 radical (unpaired) electrons. The van der Waals surface area contributed by atoms with Crippen LogP contribution in [0.4, 0.5) is 5.82 Å². The van der Waals surface area contributed by atoms with E-state index in [1.165, 1.54) is 18.5 Å². The second-order valence-electron chi connectivity index (χ2n) is 3.42. The van der Waals surface area contributed by atoms with Gasteiger partial charge in [-0.25, -0.2) is 8.42 Å². The average Bonchev–Trinajstić information content (AvgIpc) is 2.86. The smallest absolute Gasteiger partial charge is 0.266 e. The van der Waals surface area contributed by atoms with Gasteiger partial charge in [-0.05, 0) is 13.8 Å². The van der Waals surface area contributed by atoms with Gasteiger partial charge in [0.15, 0.2) is 5.82 Å². The van der Waals surface area contributed by atoms with Gasteiger partial charge in [0.05, 0.1) is 5.69 Å². The maximum absolute atomic E-state index is 12.0. The van der Waals surface area contributed by atoms with Crippen molar-refractivity contribution >= 4 is 15.8 Å². The van der Waals surface area contributed by atoms with Crippen molar-refractivity contribution in [1.29, 1.82) is 0 Å². The van der Waals surface area contributed by atoms with E-state index < -0.39 is 10.0 Å². The molecular weight excluding hydrogens is 244 g/mol. The summed E-state index contributed by atoms with van der Waals surface area (Å²) in [6.45, 7) is 4.14. The van der Waals surface area contributed by atoms with Crippen molar-refractivity contribution < 1.29 is 12.9 Å². The monoisotopic (exact) mass is 256 g/mol. The number of aryl methyl sites for hydroxylation is 2. The molecule has 0 aromatic carbocycles. The first-order valence-electron chi connectivity index (χ1n) is 5.00. The minimum absolute atomic E-state index is 0.141. The average molecular weight is 256 g/mol. The fraction of sp³-hybridized carbons (Fsp3) is 0.333. The van der Waals surface area contributed by atoms with Gasteiger partial charge in [-0.15, -0.1) is 0 Å². The Kier molecular flexibility index (Phi) is 2.88. The number of sulfonamides is 1. The number of anilines is 1.